The molecular weight excluding hydrogens is 458 g/mol. The summed E-state index contributed by atoms with van der Waals surface area (Å²) >= 11 is 0. The van der Waals surface area contributed by atoms with Crippen LogP contribution >= 0.6 is 0 Å². The van der Waals surface area contributed by atoms with E-state index in [2.05, 4.69) is 4.40 Å². The Morgan fingerprint density at radius 1 is 0.939 bits per heavy atom. The van der Waals surface area contributed by atoms with E-state index in [-0.39, 0.29) is 22.6 Å². The van der Waals surface area contributed by atoms with Gasteiger partial charge in [0.05, 0.1) is 28.0 Å². The largest absolute Gasteiger partial charge is 0.419 e. The summed E-state index contributed by atoms with van der Waals surface area (Å²) in [4.78, 5) is -0.00133. The molecule has 0 aliphatic heterocycles. The van der Waals surface area contributed by atoms with Crippen LogP contribution < -0.4 is 5.62 Å². The number of imidazole rings is 1. The average molecular weight is 477 g/mol. The molecule has 4 rings (SSSR count). The molecule has 4 aromatic rings. The van der Waals surface area contributed by atoms with Crippen LogP contribution in [0.3, 0.4) is 0 Å². The van der Waals surface area contributed by atoms with Crippen LogP contribution in [0.15, 0.2) is 76.0 Å². The van der Waals surface area contributed by atoms with Crippen LogP contribution in [-0.4, -0.2) is 17.6 Å². The molecule has 0 aliphatic rings. The van der Waals surface area contributed by atoms with Crippen molar-refractivity contribution in [3.8, 4) is 0 Å². The van der Waals surface area contributed by atoms with Gasteiger partial charge in [0.2, 0.25) is 5.62 Å². The number of fused-ring (bicyclic) bond motifs is 1. The summed E-state index contributed by atoms with van der Waals surface area (Å²) in [5.41, 5.74) is 1.12. The summed E-state index contributed by atoms with van der Waals surface area (Å²) in [5.74, 6) is -1.40. The molecule has 0 unspecified atom stereocenters. The van der Waals surface area contributed by atoms with Gasteiger partial charge in [0, 0.05) is 7.05 Å². The molecule has 10 heteroatoms. The summed E-state index contributed by atoms with van der Waals surface area (Å²) in [6.45, 7) is 1.79. The second-order valence-corrected chi connectivity index (χ2v) is 9.23. The van der Waals surface area contributed by atoms with Gasteiger partial charge in [0.25, 0.3) is 10.0 Å². The van der Waals surface area contributed by atoms with E-state index in [1.165, 1.54) is 22.8 Å². The van der Waals surface area contributed by atoms with Gasteiger partial charge in [-0.3, -0.25) is 0 Å². The molecule has 1 aromatic heterocycles. The molecule has 33 heavy (non-hydrogen) atoms. The van der Waals surface area contributed by atoms with Gasteiger partial charge in [-0.2, -0.15) is 21.6 Å². The zero-order valence-corrected chi connectivity index (χ0v) is 18.5. The van der Waals surface area contributed by atoms with Gasteiger partial charge in [-0.1, -0.05) is 30.3 Å². The van der Waals surface area contributed by atoms with E-state index in [1.807, 2.05) is 19.1 Å². The SMILES string of the molecule is Cc1ccc2c(c1)n(C)/c(=N\S(=O)(=O)c1ccccc1)n2Cc1ccc(C(F)(F)F)c(F)c1. The third-order valence-electron chi connectivity index (χ3n) is 5.25. The second kappa shape index (κ2) is 8.18. The average Bonchev–Trinajstić information content (AvgIpc) is 2.98. The molecule has 0 amide bonds. The third-order valence-corrected chi connectivity index (χ3v) is 6.52. The highest BCUT2D eigenvalue weighted by molar-refractivity contribution is 7.90. The molecule has 0 fully saturated rings. The zero-order chi connectivity index (χ0) is 24.0. The van der Waals surface area contributed by atoms with E-state index in [1.54, 1.807) is 35.9 Å². The Hall–Kier alpha value is -3.40. The van der Waals surface area contributed by atoms with Gasteiger partial charge >= 0.3 is 6.18 Å². The Bertz CT molecular complexity index is 1520. The first kappa shape index (κ1) is 22.8. The molecule has 0 saturated carbocycles. The number of nitrogens with zero attached hydrogens (tertiary/aromatic N) is 3. The number of alkyl halides is 3. The highest BCUT2D eigenvalue weighted by atomic mass is 32.2. The fraction of sp³-hybridized carbons (Fsp3) is 0.174. The number of aromatic nitrogens is 2. The predicted molar refractivity (Wildman–Crippen MR) is 115 cm³/mol. The van der Waals surface area contributed by atoms with Crippen LogP contribution in [0.1, 0.15) is 16.7 Å². The minimum Gasteiger partial charge on any atom is -0.312 e. The number of rotatable bonds is 4. The van der Waals surface area contributed by atoms with E-state index in [0.717, 1.165) is 11.6 Å². The molecule has 3 aromatic carbocycles. The van der Waals surface area contributed by atoms with Crippen molar-refractivity contribution in [3.63, 3.8) is 0 Å². The molecule has 0 aliphatic carbocycles. The highest BCUT2D eigenvalue weighted by Crippen LogP contribution is 2.31. The number of hydrogen-bond acceptors (Lipinski definition) is 2. The van der Waals surface area contributed by atoms with Gasteiger partial charge in [0.1, 0.15) is 5.82 Å². The zero-order valence-electron chi connectivity index (χ0n) is 17.6. The molecule has 0 spiro atoms. The van der Waals surface area contributed by atoms with Crippen molar-refractivity contribution >= 4 is 21.1 Å². The van der Waals surface area contributed by atoms with Crippen molar-refractivity contribution < 1.29 is 26.0 Å². The molecule has 172 valence electrons. The molecule has 5 nitrogen and oxygen atoms in total. The van der Waals surface area contributed by atoms with Crippen LogP contribution in [0.2, 0.25) is 0 Å². The first-order valence-electron chi connectivity index (χ1n) is 9.85. The topological polar surface area (TPSA) is 56.4 Å². The normalized spacial score (nSPS) is 13.1. The fourth-order valence-electron chi connectivity index (χ4n) is 3.62. The van der Waals surface area contributed by atoms with Crippen LogP contribution in [0.4, 0.5) is 17.6 Å². The maximum Gasteiger partial charge on any atom is 0.419 e. The van der Waals surface area contributed by atoms with E-state index in [4.69, 9.17) is 0 Å². The lowest BCUT2D eigenvalue weighted by Gasteiger charge is -2.10. The molecule has 0 saturated heterocycles. The Kier molecular flexibility index (Phi) is 5.65. The van der Waals surface area contributed by atoms with Crippen LogP contribution in [0.25, 0.3) is 11.0 Å². The Balaban J connectivity index is 1.92. The molecule has 0 atom stereocenters. The Morgan fingerprint density at radius 2 is 1.64 bits per heavy atom. The first-order valence-corrected chi connectivity index (χ1v) is 11.3. The monoisotopic (exact) mass is 477 g/mol. The van der Waals surface area contributed by atoms with Gasteiger partial charge in [-0.25, -0.2) is 4.39 Å². The van der Waals surface area contributed by atoms with Gasteiger partial charge in [-0.05, 0) is 54.4 Å². The summed E-state index contributed by atoms with van der Waals surface area (Å²) in [7, 11) is -2.44. The minimum atomic E-state index is -4.81. The van der Waals surface area contributed by atoms with Crippen molar-refractivity contribution in [1.29, 1.82) is 0 Å². The smallest absolute Gasteiger partial charge is 0.312 e. The van der Waals surface area contributed by atoms with Crippen LogP contribution in [0.5, 0.6) is 0 Å². The summed E-state index contributed by atoms with van der Waals surface area (Å²) in [6.07, 6.45) is -4.81. The summed E-state index contributed by atoms with van der Waals surface area (Å²) < 4.78 is 86.0. The lowest BCUT2D eigenvalue weighted by molar-refractivity contribution is -0.140. The molecule has 0 N–H and O–H groups in total. The summed E-state index contributed by atoms with van der Waals surface area (Å²) in [6, 6.07) is 15.7. The molecular formula is C23H19F4N3O2S. The van der Waals surface area contributed by atoms with Crippen molar-refractivity contribution in [2.45, 2.75) is 24.5 Å². The molecule has 0 radical (unpaired) electrons. The van der Waals surface area contributed by atoms with Crippen LogP contribution in [-0.2, 0) is 29.8 Å². The van der Waals surface area contributed by atoms with Crippen molar-refractivity contribution in [1.82, 2.24) is 9.13 Å². The number of halogens is 4. The Morgan fingerprint density at radius 3 is 2.27 bits per heavy atom. The quantitative estimate of drug-likeness (QED) is 0.397. The maximum absolute atomic E-state index is 14.2. The Labute approximate surface area is 187 Å². The lowest BCUT2D eigenvalue weighted by atomic mass is 10.1. The predicted octanol–water partition coefficient (Wildman–Crippen LogP) is 4.78. The maximum atomic E-state index is 14.2. The number of aryl methyl sites for hydroxylation is 2. The van der Waals surface area contributed by atoms with Crippen molar-refractivity contribution in [2.24, 2.45) is 11.4 Å². The standard InChI is InChI=1S/C23H19F4N3O2S/c1-15-8-11-20-21(12-15)29(2)22(28-33(31,32)17-6-4-3-5-7-17)30(20)14-16-9-10-18(19(24)13-16)23(25,26)27/h3-13H,14H2,1-2H3/b28-22+. The second-order valence-electron chi connectivity index (χ2n) is 7.63. The number of benzene rings is 3. The van der Waals surface area contributed by atoms with E-state index in [0.29, 0.717) is 17.1 Å². The van der Waals surface area contributed by atoms with Gasteiger partial charge < -0.3 is 9.13 Å². The molecule has 0 bridgehead atoms. The fourth-order valence-corrected chi connectivity index (χ4v) is 4.66. The lowest BCUT2D eigenvalue weighted by Crippen LogP contribution is -2.26. The highest BCUT2D eigenvalue weighted by Gasteiger charge is 2.34. The van der Waals surface area contributed by atoms with Gasteiger partial charge in [-0.15, -0.1) is 4.40 Å². The molecule has 1 heterocycles. The third kappa shape index (κ3) is 4.43. The number of hydrogen-bond donors (Lipinski definition) is 0. The van der Waals surface area contributed by atoms with E-state index in [9.17, 15) is 26.0 Å². The van der Waals surface area contributed by atoms with E-state index < -0.39 is 27.6 Å². The first-order chi connectivity index (χ1) is 15.5. The van der Waals surface area contributed by atoms with E-state index >= 15 is 0 Å². The van der Waals surface area contributed by atoms with Crippen molar-refractivity contribution in [3.05, 3.63) is 94.9 Å². The van der Waals surface area contributed by atoms with Gasteiger partial charge in [0.15, 0.2) is 0 Å². The summed E-state index contributed by atoms with van der Waals surface area (Å²) in [5, 5.41) is 0. The van der Waals surface area contributed by atoms with Crippen molar-refractivity contribution in [2.75, 3.05) is 0 Å². The number of sulfonamides is 1. The minimum absolute atomic E-state index is 0.00133. The van der Waals surface area contributed by atoms with Crippen LogP contribution in [0, 0.1) is 12.7 Å².